The first-order valence-electron chi connectivity index (χ1n) is 4.72. The highest BCUT2D eigenvalue weighted by Gasteiger charge is 2.10. The number of oxime groups is 1. The Morgan fingerprint density at radius 2 is 2.18 bits per heavy atom. The van der Waals surface area contributed by atoms with Crippen molar-refractivity contribution in [1.29, 1.82) is 0 Å². The van der Waals surface area contributed by atoms with Gasteiger partial charge < -0.3 is 4.84 Å². The van der Waals surface area contributed by atoms with Crippen LogP contribution in [0.25, 0.3) is 0 Å². The molecule has 0 aliphatic heterocycles. The molecule has 0 unspecified atom stereocenters. The minimum absolute atomic E-state index is 0.165. The fourth-order valence-corrected chi connectivity index (χ4v) is 1.52. The van der Waals surface area contributed by atoms with Crippen molar-refractivity contribution in [3.8, 4) is 0 Å². The molecule has 1 aromatic carbocycles. The van der Waals surface area contributed by atoms with Crippen molar-refractivity contribution in [3.63, 3.8) is 0 Å². The van der Waals surface area contributed by atoms with E-state index in [1.807, 2.05) is 0 Å². The fraction of sp³-hybridized carbons (Fsp3) is 0.300. The van der Waals surface area contributed by atoms with E-state index in [9.17, 15) is 10.1 Å². The lowest BCUT2D eigenvalue weighted by Crippen LogP contribution is -2.10. The molecule has 1 aromatic rings. The van der Waals surface area contributed by atoms with E-state index in [1.54, 1.807) is 18.2 Å². The van der Waals surface area contributed by atoms with E-state index in [-0.39, 0.29) is 13.0 Å². The lowest BCUT2D eigenvalue weighted by molar-refractivity contribution is -0.478. The maximum absolute atomic E-state index is 10.3. The summed E-state index contributed by atoms with van der Waals surface area (Å²) in [5.41, 5.74) is 1.12. The molecule has 0 aliphatic carbocycles. The van der Waals surface area contributed by atoms with Gasteiger partial charge in [-0.15, -0.1) is 0 Å². The zero-order chi connectivity index (χ0) is 12.8. The van der Waals surface area contributed by atoms with Crippen LogP contribution in [-0.2, 0) is 4.84 Å². The number of hydrogen-bond donors (Lipinski definition) is 0. The Balaban J connectivity index is 2.93. The van der Waals surface area contributed by atoms with Gasteiger partial charge in [0.15, 0.2) is 0 Å². The van der Waals surface area contributed by atoms with Gasteiger partial charge in [0.1, 0.15) is 7.11 Å². The smallest absolute Gasteiger partial charge is 0.209 e. The maximum Gasteiger partial charge on any atom is 0.209 e. The quantitative estimate of drug-likeness (QED) is 0.472. The van der Waals surface area contributed by atoms with Crippen LogP contribution in [0.4, 0.5) is 0 Å². The normalized spacial score (nSPS) is 11.4. The average Bonchev–Trinajstić information content (AvgIpc) is 2.28. The molecule has 5 nitrogen and oxygen atoms in total. The molecule has 0 saturated heterocycles. The second-order valence-electron chi connectivity index (χ2n) is 3.16. The number of halogens is 2. The summed E-state index contributed by atoms with van der Waals surface area (Å²) in [6.07, 6.45) is 0.165. The van der Waals surface area contributed by atoms with E-state index in [2.05, 4.69) is 9.99 Å². The third kappa shape index (κ3) is 4.20. The highest BCUT2D eigenvalue weighted by atomic mass is 35.5. The second-order valence-corrected chi connectivity index (χ2v) is 3.97. The van der Waals surface area contributed by atoms with Gasteiger partial charge in [0.05, 0.1) is 22.2 Å². The van der Waals surface area contributed by atoms with Crippen LogP contribution in [0.1, 0.15) is 12.0 Å². The van der Waals surface area contributed by atoms with E-state index in [4.69, 9.17) is 23.2 Å². The Morgan fingerprint density at radius 3 is 2.71 bits per heavy atom. The molecule has 0 saturated carbocycles. The Labute approximate surface area is 108 Å². The van der Waals surface area contributed by atoms with Crippen LogP contribution < -0.4 is 0 Å². The van der Waals surface area contributed by atoms with Crippen LogP contribution in [0.2, 0.25) is 10.0 Å². The molecule has 0 spiro atoms. The topological polar surface area (TPSA) is 64.7 Å². The summed E-state index contributed by atoms with van der Waals surface area (Å²) in [6, 6.07) is 4.89. The minimum Gasteiger partial charge on any atom is -0.399 e. The van der Waals surface area contributed by atoms with E-state index in [0.717, 1.165) is 0 Å². The number of hydrogen-bond acceptors (Lipinski definition) is 4. The van der Waals surface area contributed by atoms with E-state index in [1.165, 1.54) is 7.11 Å². The zero-order valence-electron chi connectivity index (χ0n) is 9.02. The highest BCUT2D eigenvalue weighted by molar-refractivity contribution is 6.42. The molecule has 0 amide bonds. The molecule has 0 heterocycles. The monoisotopic (exact) mass is 276 g/mol. The molecule has 1 rings (SSSR count). The van der Waals surface area contributed by atoms with Crippen molar-refractivity contribution in [2.75, 3.05) is 13.7 Å². The van der Waals surface area contributed by atoms with Crippen molar-refractivity contribution in [1.82, 2.24) is 0 Å². The summed E-state index contributed by atoms with van der Waals surface area (Å²) in [5, 5.41) is 14.9. The molecule has 0 aliphatic rings. The Kier molecular flexibility index (Phi) is 5.18. The molecule has 0 aromatic heterocycles. The van der Waals surface area contributed by atoms with Crippen molar-refractivity contribution < 1.29 is 9.76 Å². The molecule has 0 fully saturated rings. The number of benzene rings is 1. The van der Waals surface area contributed by atoms with E-state index >= 15 is 0 Å². The van der Waals surface area contributed by atoms with Crippen LogP contribution in [0.5, 0.6) is 0 Å². The molecule has 0 radical (unpaired) electrons. The summed E-state index contributed by atoms with van der Waals surface area (Å²) in [4.78, 5) is 14.6. The zero-order valence-corrected chi connectivity index (χ0v) is 10.5. The third-order valence-corrected chi connectivity index (χ3v) is 2.72. The number of rotatable bonds is 5. The van der Waals surface area contributed by atoms with Gasteiger partial charge in [-0.25, -0.2) is 0 Å². The Hall–Kier alpha value is -1.33. The molecule has 0 bridgehead atoms. The summed E-state index contributed by atoms with van der Waals surface area (Å²) < 4.78 is 0. The van der Waals surface area contributed by atoms with Gasteiger partial charge in [-0.1, -0.05) is 34.4 Å². The first-order chi connectivity index (χ1) is 8.04. The average molecular weight is 277 g/mol. The van der Waals surface area contributed by atoms with E-state index in [0.29, 0.717) is 21.3 Å². The first kappa shape index (κ1) is 13.7. The standard InChI is InChI=1S/C10H10Cl2N2O3/c1-17-13-10(4-5-14(15)16)7-2-3-8(11)9(12)6-7/h2-3,6H,4-5H2,1H3/b13-10-. The molecule has 7 heteroatoms. The summed E-state index contributed by atoms with van der Waals surface area (Å²) >= 11 is 11.6. The third-order valence-electron chi connectivity index (χ3n) is 1.99. The SMILES string of the molecule is CO/N=C(/CC[N+](=O)[O-])c1ccc(Cl)c(Cl)c1. The van der Waals surface area contributed by atoms with Gasteiger partial charge in [-0.2, -0.15) is 0 Å². The lowest BCUT2D eigenvalue weighted by atomic mass is 10.1. The predicted molar refractivity (Wildman–Crippen MR) is 66.5 cm³/mol. The van der Waals surface area contributed by atoms with Crippen LogP contribution in [0.3, 0.4) is 0 Å². The van der Waals surface area contributed by atoms with Crippen molar-refractivity contribution in [2.45, 2.75) is 6.42 Å². The van der Waals surface area contributed by atoms with Gasteiger partial charge in [0, 0.05) is 10.5 Å². The van der Waals surface area contributed by atoms with Gasteiger partial charge in [0.25, 0.3) is 0 Å². The Morgan fingerprint density at radius 1 is 1.47 bits per heavy atom. The van der Waals surface area contributed by atoms with Crippen LogP contribution in [0.15, 0.2) is 23.4 Å². The molecular formula is C10H10Cl2N2O3. The largest absolute Gasteiger partial charge is 0.399 e. The number of nitrogens with zero attached hydrogens (tertiary/aromatic N) is 2. The molecule has 17 heavy (non-hydrogen) atoms. The molecular weight excluding hydrogens is 267 g/mol. The molecule has 92 valence electrons. The van der Waals surface area contributed by atoms with E-state index < -0.39 is 4.92 Å². The van der Waals surface area contributed by atoms with Gasteiger partial charge >= 0.3 is 0 Å². The van der Waals surface area contributed by atoms with Gasteiger partial charge in [-0.05, 0) is 12.1 Å². The summed E-state index contributed by atoms with van der Waals surface area (Å²) in [5.74, 6) is 0. The molecule has 0 atom stereocenters. The molecule has 0 N–H and O–H groups in total. The van der Waals surface area contributed by atoms with Crippen LogP contribution in [0, 0.1) is 10.1 Å². The van der Waals surface area contributed by atoms with Crippen LogP contribution in [-0.4, -0.2) is 24.3 Å². The summed E-state index contributed by atoms with van der Waals surface area (Å²) in [7, 11) is 1.38. The fourth-order valence-electron chi connectivity index (χ4n) is 1.23. The predicted octanol–water partition coefficient (Wildman–Crippen LogP) is 3.01. The van der Waals surface area contributed by atoms with Crippen LogP contribution >= 0.6 is 23.2 Å². The summed E-state index contributed by atoms with van der Waals surface area (Å²) in [6.45, 7) is -0.220. The Bertz CT molecular complexity index is 449. The van der Waals surface area contributed by atoms with Crippen molar-refractivity contribution in [2.24, 2.45) is 5.16 Å². The van der Waals surface area contributed by atoms with Gasteiger partial charge in [-0.3, -0.25) is 10.1 Å². The highest BCUT2D eigenvalue weighted by Crippen LogP contribution is 2.23. The first-order valence-corrected chi connectivity index (χ1v) is 5.47. The van der Waals surface area contributed by atoms with Gasteiger partial charge in [0.2, 0.25) is 6.54 Å². The second kappa shape index (κ2) is 6.42. The van der Waals surface area contributed by atoms with Crippen molar-refractivity contribution in [3.05, 3.63) is 43.9 Å². The van der Waals surface area contributed by atoms with Crippen molar-refractivity contribution >= 4 is 28.9 Å². The number of nitro groups is 1. The minimum atomic E-state index is -0.414. The maximum atomic E-state index is 10.3. The lowest BCUT2D eigenvalue weighted by Gasteiger charge is -2.05.